The first-order valence-electron chi connectivity index (χ1n) is 16.4. The van der Waals surface area contributed by atoms with E-state index in [-0.39, 0.29) is 6.04 Å². The zero-order valence-electron chi connectivity index (χ0n) is 25.8. The van der Waals surface area contributed by atoms with Gasteiger partial charge in [0.15, 0.2) is 0 Å². The first-order valence-corrected chi connectivity index (χ1v) is 17.2. The van der Waals surface area contributed by atoms with Crippen molar-refractivity contribution >= 4 is 103 Å². The van der Waals surface area contributed by atoms with E-state index in [0.717, 1.165) is 28.1 Å². The van der Waals surface area contributed by atoms with Crippen LogP contribution in [0.25, 0.3) is 74.3 Å². The van der Waals surface area contributed by atoms with Crippen molar-refractivity contribution in [3.05, 3.63) is 157 Å². The van der Waals surface area contributed by atoms with Crippen LogP contribution in [0.2, 0.25) is 0 Å². The summed E-state index contributed by atoms with van der Waals surface area (Å²) in [6, 6.07) is 55.1. The minimum Gasteiger partial charge on any atom is -0.370 e. The van der Waals surface area contributed by atoms with E-state index in [0.29, 0.717) is 0 Å². The SMILES string of the molecule is c1ccc2cc(C3Nc4ccc5ccccc5c4N=C3n3c4ccccc4c4cc5sc6c7ccccc7ccc6c5cc43)ccc2c1. The zero-order chi connectivity index (χ0) is 31.3. The van der Waals surface area contributed by atoms with Crippen molar-refractivity contribution in [2.24, 2.45) is 4.99 Å². The van der Waals surface area contributed by atoms with Crippen molar-refractivity contribution < 1.29 is 0 Å². The molecule has 48 heavy (non-hydrogen) atoms. The largest absolute Gasteiger partial charge is 0.370 e. The van der Waals surface area contributed by atoms with Crippen molar-refractivity contribution in [1.82, 2.24) is 4.57 Å². The summed E-state index contributed by atoms with van der Waals surface area (Å²) in [5.74, 6) is 0.977. The molecule has 0 amide bonds. The number of aliphatic imine (C=N–C) groups is 1. The predicted octanol–water partition coefficient (Wildman–Crippen LogP) is 12.4. The Balaban J connectivity index is 1.25. The summed E-state index contributed by atoms with van der Waals surface area (Å²) in [6.07, 6.45) is 0. The molecule has 3 nitrogen and oxygen atoms in total. The molecule has 10 aromatic rings. The lowest BCUT2D eigenvalue weighted by atomic mass is 9.98. The van der Waals surface area contributed by atoms with Crippen LogP contribution in [-0.2, 0) is 0 Å². The Bertz CT molecular complexity index is 3000. The maximum absolute atomic E-state index is 5.64. The Morgan fingerprint density at radius 1 is 0.500 bits per heavy atom. The second-order valence-electron chi connectivity index (χ2n) is 12.8. The molecule has 1 aliphatic heterocycles. The number of fused-ring (bicyclic) bond motifs is 12. The van der Waals surface area contributed by atoms with E-state index in [2.05, 4.69) is 162 Å². The van der Waals surface area contributed by atoms with Crippen LogP contribution in [0.3, 0.4) is 0 Å². The average Bonchev–Trinajstić information content (AvgIpc) is 3.68. The van der Waals surface area contributed by atoms with Gasteiger partial charge in [0.25, 0.3) is 0 Å². The van der Waals surface area contributed by atoms with Crippen molar-refractivity contribution in [1.29, 1.82) is 0 Å². The second kappa shape index (κ2) is 9.77. The predicted molar refractivity (Wildman–Crippen MR) is 207 cm³/mol. The second-order valence-corrected chi connectivity index (χ2v) is 13.9. The van der Waals surface area contributed by atoms with Crippen molar-refractivity contribution in [3.8, 4) is 0 Å². The van der Waals surface area contributed by atoms with Gasteiger partial charge in [0.2, 0.25) is 0 Å². The summed E-state index contributed by atoms with van der Waals surface area (Å²) in [6.45, 7) is 0. The van der Waals surface area contributed by atoms with Crippen LogP contribution < -0.4 is 5.32 Å². The van der Waals surface area contributed by atoms with Gasteiger partial charge in [0.05, 0.1) is 22.4 Å². The minimum atomic E-state index is -0.166. The highest BCUT2D eigenvalue weighted by Crippen LogP contribution is 2.45. The third-order valence-corrected chi connectivity index (χ3v) is 11.4. The van der Waals surface area contributed by atoms with Crippen LogP contribution in [0.1, 0.15) is 11.6 Å². The molecule has 4 heteroatoms. The standard InChI is InChI=1S/C44H27N3S/c1-2-12-29-23-30(18-17-26(29)9-1)41-44(46-42-31-13-5-3-10-27(31)20-22-37(42)45-41)47-38-16-8-7-15-33(38)35-25-40-36(24-39(35)47)34-21-19-28-11-4-6-14-32(28)43(34)48-40/h1-25,41,45H. The number of nitrogens with zero attached hydrogens (tertiary/aromatic N) is 2. The molecule has 11 rings (SSSR count). The molecule has 0 saturated heterocycles. The topological polar surface area (TPSA) is 29.3 Å². The molecule has 0 saturated carbocycles. The monoisotopic (exact) mass is 629 g/mol. The number of thiophene rings is 1. The van der Waals surface area contributed by atoms with Crippen LogP contribution in [0, 0.1) is 0 Å². The number of para-hydroxylation sites is 1. The molecule has 0 aliphatic carbocycles. The Hall–Kier alpha value is -5.97. The summed E-state index contributed by atoms with van der Waals surface area (Å²) in [4.78, 5) is 5.64. The molecule has 1 N–H and O–H groups in total. The lowest BCUT2D eigenvalue weighted by Gasteiger charge is -2.30. The summed E-state index contributed by atoms with van der Waals surface area (Å²) in [7, 11) is 0. The Morgan fingerprint density at radius 3 is 2.06 bits per heavy atom. The first-order chi connectivity index (χ1) is 23.8. The molecule has 2 aromatic heterocycles. The van der Waals surface area contributed by atoms with E-state index in [1.165, 1.54) is 69.0 Å². The molecule has 0 radical (unpaired) electrons. The van der Waals surface area contributed by atoms with Gasteiger partial charge in [-0.05, 0) is 62.8 Å². The van der Waals surface area contributed by atoms with Crippen molar-refractivity contribution in [2.45, 2.75) is 6.04 Å². The van der Waals surface area contributed by atoms with Gasteiger partial charge in [0.1, 0.15) is 11.9 Å². The van der Waals surface area contributed by atoms with Crippen LogP contribution in [-0.4, -0.2) is 10.4 Å². The molecule has 0 spiro atoms. The van der Waals surface area contributed by atoms with Crippen LogP contribution >= 0.6 is 11.3 Å². The highest BCUT2D eigenvalue weighted by Gasteiger charge is 2.29. The summed E-state index contributed by atoms with van der Waals surface area (Å²) >= 11 is 1.90. The van der Waals surface area contributed by atoms with Gasteiger partial charge in [-0.3, -0.25) is 4.57 Å². The van der Waals surface area contributed by atoms with E-state index in [4.69, 9.17) is 4.99 Å². The minimum absolute atomic E-state index is 0.166. The molecule has 224 valence electrons. The van der Waals surface area contributed by atoms with E-state index >= 15 is 0 Å². The smallest absolute Gasteiger partial charge is 0.141 e. The Morgan fingerprint density at radius 2 is 1.19 bits per heavy atom. The lowest BCUT2D eigenvalue weighted by molar-refractivity contribution is 0.966. The van der Waals surface area contributed by atoms with Gasteiger partial charge in [-0.2, -0.15) is 0 Å². The number of hydrogen-bond acceptors (Lipinski definition) is 3. The lowest BCUT2D eigenvalue weighted by Crippen LogP contribution is -2.29. The van der Waals surface area contributed by atoms with Gasteiger partial charge >= 0.3 is 0 Å². The number of aromatic nitrogens is 1. The molecule has 0 bridgehead atoms. The Kier molecular flexibility index (Phi) is 5.32. The Labute approximate surface area is 280 Å². The maximum Gasteiger partial charge on any atom is 0.141 e. The third-order valence-electron chi connectivity index (χ3n) is 10.2. The molecular weight excluding hydrogens is 603 g/mol. The highest BCUT2D eigenvalue weighted by molar-refractivity contribution is 7.26. The molecule has 1 aliphatic rings. The van der Waals surface area contributed by atoms with Gasteiger partial charge in [-0.25, -0.2) is 4.99 Å². The van der Waals surface area contributed by atoms with E-state index < -0.39 is 0 Å². The summed E-state index contributed by atoms with van der Waals surface area (Å²) in [5.41, 5.74) is 5.56. The van der Waals surface area contributed by atoms with Gasteiger partial charge < -0.3 is 5.32 Å². The normalized spacial score (nSPS) is 14.8. The average molecular weight is 630 g/mol. The molecule has 0 fully saturated rings. The quantitative estimate of drug-likeness (QED) is 0.192. The molecule has 1 atom stereocenters. The molecule has 8 aromatic carbocycles. The first kappa shape index (κ1) is 26.1. The number of benzene rings is 8. The molecular formula is C44H27N3S. The van der Waals surface area contributed by atoms with E-state index in [1.54, 1.807) is 0 Å². The van der Waals surface area contributed by atoms with Gasteiger partial charge in [-0.1, -0.05) is 121 Å². The fourth-order valence-corrected chi connectivity index (χ4v) is 9.16. The van der Waals surface area contributed by atoms with Crippen LogP contribution in [0.4, 0.5) is 11.4 Å². The van der Waals surface area contributed by atoms with Crippen LogP contribution in [0.5, 0.6) is 0 Å². The van der Waals surface area contributed by atoms with Crippen molar-refractivity contribution in [3.63, 3.8) is 0 Å². The highest BCUT2D eigenvalue weighted by atomic mass is 32.1. The van der Waals surface area contributed by atoms with Gasteiger partial charge in [0, 0.05) is 36.3 Å². The molecule has 1 unspecified atom stereocenters. The third kappa shape index (κ3) is 3.66. The van der Waals surface area contributed by atoms with E-state index in [1.807, 2.05) is 11.3 Å². The maximum atomic E-state index is 5.64. The van der Waals surface area contributed by atoms with Crippen molar-refractivity contribution in [2.75, 3.05) is 5.32 Å². The fraction of sp³-hybridized carbons (Fsp3) is 0.0227. The zero-order valence-corrected chi connectivity index (χ0v) is 26.6. The molecule has 3 heterocycles. The van der Waals surface area contributed by atoms with Crippen LogP contribution in [0.15, 0.2) is 157 Å². The number of hydrogen-bond donors (Lipinski definition) is 1. The van der Waals surface area contributed by atoms with Gasteiger partial charge in [-0.15, -0.1) is 11.3 Å². The van der Waals surface area contributed by atoms with E-state index in [9.17, 15) is 0 Å². The number of anilines is 1. The fourth-order valence-electron chi connectivity index (χ4n) is 7.90. The summed E-state index contributed by atoms with van der Waals surface area (Å²) in [5, 5.41) is 16.4. The number of nitrogens with one attached hydrogen (secondary N) is 1. The summed E-state index contributed by atoms with van der Waals surface area (Å²) < 4.78 is 5.08. The number of rotatable bonds is 1.